The highest BCUT2D eigenvalue weighted by Crippen LogP contribution is 2.27. The maximum absolute atomic E-state index is 6.11. The average molecular weight is 327 g/mol. The molecule has 0 bridgehead atoms. The van der Waals surface area contributed by atoms with Crippen LogP contribution in [0.4, 0.5) is 0 Å². The van der Waals surface area contributed by atoms with E-state index in [0.29, 0.717) is 41.4 Å². The van der Waals surface area contributed by atoms with Crippen LogP contribution >= 0.6 is 23.2 Å². The van der Waals surface area contributed by atoms with E-state index >= 15 is 0 Å². The lowest BCUT2D eigenvalue weighted by molar-refractivity contribution is 0.211. The minimum Gasteiger partial charge on any atom is -0.493 e. The molecule has 5 heteroatoms. The first kappa shape index (κ1) is 15.8. The van der Waals surface area contributed by atoms with Gasteiger partial charge in [-0.2, -0.15) is 0 Å². The van der Waals surface area contributed by atoms with Gasteiger partial charge in [-0.3, -0.25) is 0 Å². The molecule has 0 aliphatic carbocycles. The summed E-state index contributed by atoms with van der Waals surface area (Å²) in [5, 5.41) is 0.547. The Morgan fingerprint density at radius 2 is 1.57 bits per heavy atom. The normalized spacial score (nSPS) is 10.2. The third-order valence-electron chi connectivity index (χ3n) is 2.82. The maximum Gasteiger partial charge on any atom is 0.161 e. The van der Waals surface area contributed by atoms with Crippen molar-refractivity contribution in [1.29, 1.82) is 0 Å². The van der Waals surface area contributed by atoms with Gasteiger partial charge in [-0.05, 0) is 29.8 Å². The molecular formula is C16H16Cl2O3. The molecule has 0 radical (unpaired) electrons. The summed E-state index contributed by atoms with van der Waals surface area (Å²) in [6.07, 6.45) is 0. The number of rotatable bonds is 7. The highest BCUT2D eigenvalue weighted by atomic mass is 35.5. The number of hydrogen-bond acceptors (Lipinski definition) is 3. The first-order chi connectivity index (χ1) is 10.2. The Morgan fingerprint density at radius 3 is 2.19 bits per heavy atom. The summed E-state index contributed by atoms with van der Waals surface area (Å²) in [4.78, 5) is 0. The van der Waals surface area contributed by atoms with Crippen molar-refractivity contribution in [3.63, 3.8) is 0 Å². The highest BCUT2D eigenvalue weighted by molar-refractivity contribution is 6.32. The topological polar surface area (TPSA) is 27.7 Å². The average Bonchev–Trinajstić information content (AvgIpc) is 2.53. The molecule has 0 aromatic heterocycles. The van der Waals surface area contributed by atoms with E-state index in [0.717, 1.165) is 5.56 Å². The highest BCUT2D eigenvalue weighted by Gasteiger charge is 2.05. The largest absolute Gasteiger partial charge is 0.493 e. The molecule has 2 aromatic rings. The molecule has 2 rings (SSSR count). The van der Waals surface area contributed by atoms with Gasteiger partial charge >= 0.3 is 0 Å². The van der Waals surface area contributed by atoms with Gasteiger partial charge in [0.25, 0.3) is 0 Å². The van der Waals surface area contributed by atoms with Gasteiger partial charge in [-0.15, -0.1) is 11.6 Å². The summed E-state index contributed by atoms with van der Waals surface area (Å²) in [5.41, 5.74) is 0.958. The number of para-hydroxylation sites is 2. The number of ether oxygens (including phenoxy) is 3. The lowest BCUT2D eigenvalue weighted by Gasteiger charge is -2.12. The molecule has 21 heavy (non-hydrogen) atoms. The molecule has 0 aliphatic heterocycles. The summed E-state index contributed by atoms with van der Waals surface area (Å²) in [5.74, 6) is 2.43. The van der Waals surface area contributed by atoms with Crippen LogP contribution in [0, 0.1) is 0 Å². The van der Waals surface area contributed by atoms with Gasteiger partial charge < -0.3 is 14.2 Å². The fourth-order valence-electron chi connectivity index (χ4n) is 1.79. The lowest BCUT2D eigenvalue weighted by Crippen LogP contribution is -2.09. The quantitative estimate of drug-likeness (QED) is 0.552. The molecule has 0 amide bonds. The fourth-order valence-corrected chi connectivity index (χ4v) is 2.21. The molecule has 0 unspecified atom stereocenters. The molecule has 0 saturated heterocycles. The maximum atomic E-state index is 6.11. The van der Waals surface area contributed by atoms with E-state index in [1.165, 1.54) is 0 Å². The Kier molecular flexibility index (Phi) is 6.03. The molecular weight excluding hydrogens is 311 g/mol. The number of alkyl halides is 1. The van der Waals surface area contributed by atoms with Crippen molar-refractivity contribution in [2.45, 2.75) is 5.88 Å². The third-order valence-corrected chi connectivity index (χ3v) is 3.42. The van der Waals surface area contributed by atoms with Gasteiger partial charge in [-0.1, -0.05) is 29.8 Å². The molecule has 0 spiro atoms. The number of methoxy groups -OCH3 is 1. The predicted octanol–water partition coefficient (Wildman–Crippen LogP) is 4.55. The zero-order valence-electron chi connectivity index (χ0n) is 11.6. The predicted molar refractivity (Wildman–Crippen MR) is 85.0 cm³/mol. The van der Waals surface area contributed by atoms with Crippen LogP contribution < -0.4 is 14.2 Å². The Balaban J connectivity index is 1.85. The fraction of sp³-hybridized carbons (Fsp3) is 0.250. The van der Waals surface area contributed by atoms with Crippen molar-refractivity contribution in [3.8, 4) is 17.2 Å². The Bertz CT molecular complexity index is 587. The van der Waals surface area contributed by atoms with E-state index in [2.05, 4.69) is 0 Å². The van der Waals surface area contributed by atoms with Gasteiger partial charge in [0.15, 0.2) is 11.5 Å². The van der Waals surface area contributed by atoms with Crippen LogP contribution in [0.1, 0.15) is 5.56 Å². The number of benzene rings is 2. The lowest BCUT2D eigenvalue weighted by atomic mass is 10.2. The van der Waals surface area contributed by atoms with Crippen molar-refractivity contribution in [2.24, 2.45) is 0 Å². The summed E-state index contributed by atoms with van der Waals surface area (Å²) in [6, 6.07) is 13.0. The second-order valence-corrected chi connectivity index (χ2v) is 4.92. The van der Waals surface area contributed by atoms with Gasteiger partial charge in [0.2, 0.25) is 0 Å². The number of hydrogen-bond donors (Lipinski definition) is 0. The van der Waals surface area contributed by atoms with Crippen LogP contribution in [-0.2, 0) is 5.88 Å². The smallest absolute Gasteiger partial charge is 0.161 e. The van der Waals surface area contributed by atoms with E-state index in [9.17, 15) is 0 Å². The monoisotopic (exact) mass is 326 g/mol. The van der Waals surface area contributed by atoms with E-state index in [4.69, 9.17) is 37.4 Å². The van der Waals surface area contributed by atoms with Crippen LogP contribution in [0.5, 0.6) is 17.2 Å². The van der Waals surface area contributed by atoms with E-state index < -0.39 is 0 Å². The third kappa shape index (κ3) is 4.45. The molecule has 0 fully saturated rings. The molecule has 0 heterocycles. The van der Waals surface area contributed by atoms with Crippen molar-refractivity contribution in [2.75, 3.05) is 20.3 Å². The molecule has 3 nitrogen and oxygen atoms in total. The molecule has 0 N–H and O–H groups in total. The van der Waals surface area contributed by atoms with Gasteiger partial charge in [0.1, 0.15) is 19.0 Å². The second kappa shape index (κ2) is 8.01. The van der Waals surface area contributed by atoms with Crippen molar-refractivity contribution in [1.82, 2.24) is 0 Å². The second-order valence-electron chi connectivity index (χ2n) is 4.25. The number of halogens is 2. The SMILES string of the molecule is COc1ccccc1OCCOc1ccc(CCl)cc1Cl. The van der Waals surface area contributed by atoms with Crippen LogP contribution in [0.15, 0.2) is 42.5 Å². The molecule has 0 atom stereocenters. The van der Waals surface area contributed by atoms with E-state index in [-0.39, 0.29) is 0 Å². The Morgan fingerprint density at radius 1 is 0.905 bits per heavy atom. The minimum absolute atomic E-state index is 0.387. The summed E-state index contributed by atoms with van der Waals surface area (Å²) < 4.78 is 16.4. The molecule has 2 aromatic carbocycles. The van der Waals surface area contributed by atoms with Crippen molar-refractivity contribution in [3.05, 3.63) is 53.1 Å². The van der Waals surface area contributed by atoms with Crippen LogP contribution in [0.25, 0.3) is 0 Å². The minimum atomic E-state index is 0.387. The zero-order chi connectivity index (χ0) is 15.1. The van der Waals surface area contributed by atoms with E-state index in [1.807, 2.05) is 36.4 Å². The first-order valence-electron chi connectivity index (χ1n) is 6.47. The molecule has 0 aliphatic rings. The van der Waals surface area contributed by atoms with Crippen LogP contribution in [-0.4, -0.2) is 20.3 Å². The van der Waals surface area contributed by atoms with Crippen molar-refractivity contribution >= 4 is 23.2 Å². The van der Waals surface area contributed by atoms with Gasteiger partial charge in [0.05, 0.1) is 12.1 Å². The standard InChI is InChI=1S/C16H16Cl2O3/c1-19-15-4-2-3-5-16(15)21-9-8-20-14-7-6-12(11-17)10-13(14)18/h2-7,10H,8-9,11H2,1H3. The van der Waals surface area contributed by atoms with Gasteiger partial charge in [-0.25, -0.2) is 0 Å². The molecule has 0 saturated carbocycles. The first-order valence-corrected chi connectivity index (χ1v) is 7.39. The Hall–Kier alpha value is -1.58. The van der Waals surface area contributed by atoms with Crippen LogP contribution in [0.3, 0.4) is 0 Å². The summed E-state index contributed by atoms with van der Waals surface area (Å²) in [6.45, 7) is 0.784. The van der Waals surface area contributed by atoms with Crippen LogP contribution in [0.2, 0.25) is 5.02 Å². The van der Waals surface area contributed by atoms with Crippen molar-refractivity contribution < 1.29 is 14.2 Å². The molecule has 112 valence electrons. The zero-order valence-corrected chi connectivity index (χ0v) is 13.2. The Labute approximate surface area is 134 Å². The van der Waals surface area contributed by atoms with E-state index in [1.54, 1.807) is 13.2 Å². The summed E-state index contributed by atoms with van der Waals surface area (Å²) >= 11 is 11.9. The van der Waals surface area contributed by atoms with Gasteiger partial charge in [0, 0.05) is 5.88 Å². The summed E-state index contributed by atoms with van der Waals surface area (Å²) in [7, 11) is 1.61.